The number of nitrogens with one attached hydrogen (secondary N) is 1. The number of terminal acetylenes is 1. The molecule has 0 heterocycles. The van der Waals surface area contributed by atoms with Crippen molar-refractivity contribution in [1.29, 1.82) is 0 Å². The van der Waals surface area contributed by atoms with Crippen LogP contribution in [-0.2, 0) is 0 Å². The van der Waals surface area contributed by atoms with Crippen LogP contribution in [0.1, 0.15) is 31.4 Å². The Morgan fingerprint density at radius 2 is 2.31 bits per heavy atom. The molecule has 1 unspecified atom stereocenters. The van der Waals surface area contributed by atoms with E-state index in [1.807, 2.05) is 13.0 Å². The lowest BCUT2D eigenvalue weighted by molar-refractivity contribution is 0.490. The molecule has 1 atom stereocenters. The van der Waals surface area contributed by atoms with Gasteiger partial charge in [-0.1, -0.05) is 28.9 Å². The molecule has 16 heavy (non-hydrogen) atoms. The van der Waals surface area contributed by atoms with Crippen molar-refractivity contribution in [2.24, 2.45) is 0 Å². The van der Waals surface area contributed by atoms with Crippen molar-refractivity contribution in [3.8, 4) is 12.3 Å². The molecule has 1 N–H and O–H groups in total. The van der Waals surface area contributed by atoms with E-state index in [1.165, 1.54) is 6.07 Å². The van der Waals surface area contributed by atoms with E-state index in [-0.39, 0.29) is 11.9 Å². The maximum absolute atomic E-state index is 13.7. The van der Waals surface area contributed by atoms with Gasteiger partial charge in [0.15, 0.2) is 0 Å². The third-order valence-electron chi connectivity index (χ3n) is 2.37. The van der Waals surface area contributed by atoms with Gasteiger partial charge in [0.05, 0.1) is 0 Å². The first kappa shape index (κ1) is 13.2. The van der Waals surface area contributed by atoms with Crippen molar-refractivity contribution < 1.29 is 4.39 Å². The first-order valence-electron chi connectivity index (χ1n) is 5.30. The highest BCUT2D eigenvalue weighted by Gasteiger charge is 2.14. The van der Waals surface area contributed by atoms with Crippen LogP contribution >= 0.6 is 15.9 Å². The minimum absolute atomic E-state index is 0.00542. The van der Waals surface area contributed by atoms with Crippen LogP contribution in [0.5, 0.6) is 0 Å². The van der Waals surface area contributed by atoms with E-state index in [9.17, 15) is 4.39 Å². The molecule has 0 aliphatic carbocycles. The largest absolute Gasteiger partial charge is 0.310 e. The third-order valence-corrected chi connectivity index (χ3v) is 2.86. The van der Waals surface area contributed by atoms with E-state index in [0.717, 1.165) is 17.4 Å². The molecule has 86 valence electrons. The Morgan fingerprint density at radius 1 is 1.56 bits per heavy atom. The van der Waals surface area contributed by atoms with Crippen LogP contribution in [0.25, 0.3) is 0 Å². The molecule has 1 nitrogen and oxygen atoms in total. The Kier molecular flexibility index (Phi) is 5.51. The highest BCUT2D eigenvalue weighted by molar-refractivity contribution is 9.10. The standard InChI is InChI=1S/C13H15BrFN/c1-3-5-6-13(16-4-2)11-8-7-10(14)9-12(11)15/h1,7-9,13,16H,4-6H2,2H3. The Bertz CT molecular complexity index is 384. The van der Waals surface area contributed by atoms with E-state index in [1.54, 1.807) is 6.07 Å². The van der Waals surface area contributed by atoms with Gasteiger partial charge in [0.1, 0.15) is 5.82 Å². The maximum Gasteiger partial charge on any atom is 0.129 e. The zero-order chi connectivity index (χ0) is 12.0. The summed E-state index contributed by atoms with van der Waals surface area (Å²) in [4.78, 5) is 0. The normalized spacial score (nSPS) is 12.1. The van der Waals surface area contributed by atoms with Crippen molar-refractivity contribution >= 4 is 15.9 Å². The lowest BCUT2D eigenvalue weighted by Gasteiger charge is -2.18. The molecule has 0 aromatic heterocycles. The van der Waals surface area contributed by atoms with Gasteiger partial charge in [-0.15, -0.1) is 12.3 Å². The molecule has 1 aromatic carbocycles. The zero-order valence-corrected chi connectivity index (χ0v) is 10.8. The SMILES string of the molecule is C#CCCC(NCC)c1ccc(Br)cc1F. The predicted octanol–water partition coefficient (Wildman–Crippen LogP) is 3.65. The number of halogens is 2. The summed E-state index contributed by atoms with van der Waals surface area (Å²) in [6, 6.07) is 5.12. The Balaban J connectivity index is 2.87. The van der Waals surface area contributed by atoms with Crippen molar-refractivity contribution in [3.63, 3.8) is 0 Å². The van der Waals surface area contributed by atoms with Crippen molar-refractivity contribution in [1.82, 2.24) is 5.32 Å². The molecule has 1 rings (SSSR count). The summed E-state index contributed by atoms with van der Waals surface area (Å²) in [7, 11) is 0. The van der Waals surface area contributed by atoms with Gasteiger partial charge in [0, 0.05) is 22.5 Å². The topological polar surface area (TPSA) is 12.0 Å². The van der Waals surface area contributed by atoms with E-state index in [4.69, 9.17) is 6.42 Å². The summed E-state index contributed by atoms with van der Waals surface area (Å²) >= 11 is 3.24. The summed E-state index contributed by atoms with van der Waals surface area (Å²) in [6.07, 6.45) is 6.63. The first-order chi connectivity index (χ1) is 7.69. The minimum Gasteiger partial charge on any atom is -0.310 e. The van der Waals surface area contributed by atoms with Gasteiger partial charge >= 0.3 is 0 Å². The second kappa shape index (κ2) is 6.67. The van der Waals surface area contributed by atoms with Crippen LogP contribution in [0.2, 0.25) is 0 Å². The average Bonchev–Trinajstić information content (AvgIpc) is 2.25. The van der Waals surface area contributed by atoms with E-state index < -0.39 is 0 Å². The van der Waals surface area contributed by atoms with Crippen LogP contribution in [0, 0.1) is 18.2 Å². The van der Waals surface area contributed by atoms with Gasteiger partial charge in [0.2, 0.25) is 0 Å². The molecule has 0 radical (unpaired) electrons. The molecular weight excluding hydrogens is 269 g/mol. The highest BCUT2D eigenvalue weighted by atomic mass is 79.9. The van der Waals surface area contributed by atoms with Gasteiger partial charge < -0.3 is 5.32 Å². The van der Waals surface area contributed by atoms with Gasteiger partial charge in [-0.3, -0.25) is 0 Å². The summed E-state index contributed by atoms with van der Waals surface area (Å²) in [5, 5.41) is 3.24. The molecular formula is C13H15BrFN. The highest BCUT2D eigenvalue weighted by Crippen LogP contribution is 2.24. The molecule has 0 aliphatic rings. The molecule has 0 bridgehead atoms. The summed E-state index contributed by atoms with van der Waals surface area (Å²) in [5.74, 6) is 2.39. The molecule has 1 aromatic rings. The minimum atomic E-state index is -0.197. The van der Waals surface area contributed by atoms with Crippen molar-refractivity contribution in [2.75, 3.05) is 6.54 Å². The number of rotatable bonds is 5. The van der Waals surface area contributed by atoms with E-state index in [2.05, 4.69) is 27.2 Å². The monoisotopic (exact) mass is 283 g/mol. The lowest BCUT2D eigenvalue weighted by atomic mass is 10.0. The van der Waals surface area contributed by atoms with Gasteiger partial charge in [-0.25, -0.2) is 4.39 Å². The fraction of sp³-hybridized carbons (Fsp3) is 0.385. The van der Waals surface area contributed by atoms with Crippen LogP contribution in [0.3, 0.4) is 0 Å². The molecule has 3 heteroatoms. The van der Waals surface area contributed by atoms with E-state index >= 15 is 0 Å². The smallest absolute Gasteiger partial charge is 0.129 e. The van der Waals surface area contributed by atoms with Crippen LogP contribution in [-0.4, -0.2) is 6.54 Å². The number of hydrogen-bond donors (Lipinski definition) is 1. The molecule has 0 spiro atoms. The van der Waals surface area contributed by atoms with Crippen molar-refractivity contribution in [2.45, 2.75) is 25.8 Å². The summed E-state index contributed by atoms with van der Waals surface area (Å²) < 4.78 is 14.5. The van der Waals surface area contributed by atoms with Crippen molar-refractivity contribution in [3.05, 3.63) is 34.1 Å². The van der Waals surface area contributed by atoms with Gasteiger partial charge in [-0.2, -0.15) is 0 Å². The predicted molar refractivity (Wildman–Crippen MR) is 68.6 cm³/mol. The second-order valence-corrected chi connectivity index (χ2v) is 4.43. The quantitative estimate of drug-likeness (QED) is 0.814. The van der Waals surface area contributed by atoms with E-state index in [0.29, 0.717) is 12.0 Å². The fourth-order valence-corrected chi connectivity index (χ4v) is 1.96. The molecule has 0 saturated heterocycles. The Morgan fingerprint density at radius 3 is 2.88 bits per heavy atom. The van der Waals surface area contributed by atoms with Gasteiger partial charge in [0.25, 0.3) is 0 Å². The molecule has 0 saturated carbocycles. The molecule has 0 amide bonds. The first-order valence-corrected chi connectivity index (χ1v) is 6.10. The fourth-order valence-electron chi connectivity index (χ4n) is 1.63. The van der Waals surface area contributed by atoms with Crippen LogP contribution in [0.15, 0.2) is 22.7 Å². The third kappa shape index (κ3) is 3.62. The number of hydrogen-bond acceptors (Lipinski definition) is 1. The summed E-state index contributed by atoms with van der Waals surface area (Å²) in [5.41, 5.74) is 0.681. The zero-order valence-electron chi connectivity index (χ0n) is 9.26. The van der Waals surface area contributed by atoms with Crippen LogP contribution in [0.4, 0.5) is 4.39 Å². The molecule has 0 aliphatic heterocycles. The van der Waals surface area contributed by atoms with Crippen LogP contribution < -0.4 is 5.32 Å². The molecule has 0 fully saturated rings. The Labute approximate surface area is 105 Å². The number of benzene rings is 1. The second-order valence-electron chi connectivity index (χ2n) is 3.52. The Hall–Kier alpha value is -0.850. The average molecular weight is 284 g/mol. The summed E-state index contributed by atoms with van der Waals surface area (Å²) in [6.45, 7) is 2.80. The lowest BCUT2D eigenvalue weighted by Crippen LogP contribution is -2.21. The maximum atomic E-state index is 13.7. The van der Waals surface area contributed by atoms with Gasteiger partial charge in [-0.05, 0) is 25.1 Å².